The molecule has 0 aromatic heterocycles. The predicted molar refractivity (Wildman–Crippen MR) is 64.7 cm³/mol. The van der Waals surface area contributed by atoms with Crippen LogP contribution in [-0.4, -0.2) is 38.4 Å². The number of carbonyl (C=O) groups is 1. The van der Waals surface area contributed by atoms with Gasteiger partial charge in [-0.1, -0.05) is 20.8 Å². The Hall–Kier alpha value is -0.620. The molecule has 0 aliphatic carbocycles. The Morgan fingerprint density at radius 2 is 1.81 bits per heavy atom. The van der Waals surface area contributed by atoms with Crippen molar-refractivity contribution in [3.63, 3.8) is 0 Å². The van der Waals surface area contributed by atoms with Gasteiger partial charge in [0.1, 0.15) is 9.84 Å². The van der Waals surface area contributed by atoms with Crippen molar-refractivity contribution in [3.05, 3.63) is 0 Å². The molecule has 0 spiro atoms. The van der Waals surface area contributed by atoms with Gasteiger partial charge >= 0.3 is 0 Å². The number of rotatable bonds is 4. The molecule has 0 fully saturated rings. The summed E-state index contributed by atoms with van der Waals surface area (Å²) in [7, 11) is -3.09. The second-order valence-electron chi connectivity index (χ2n) is 5.35. The van der Waals surface area contributed by atoms with Crippen molar-refractivity contribution in [2.24, 2.45) is 11.1 Å². The first kappa shape index (κ1) is 15.4. The Morgan fingerprint density at radius 1 is 1.38 bits per heavy atom. The molecular weight excluding hydrogens is 228 g/mol. The van der Waals surface area contributed by atoms with Gasteiger partial charge in [-0.25, -0.2) is 8.42 Å². The van der Waals surface area contributed by atoms with Crippen LogP contribution in [0, 0.1) is 5.41 Å². The van der Waals surface area contributed by atoms with Crippen molar-refractivity contribution in [2.45, 2.75) is 39.8 Å². The fourth-order valence-electron chi connectivity index (χ4n) is 1.22. The zero-order valence-corrected chi connectivity index (χ0v) is 11.4. The summed E-state index contributed by atoms with van der Waals surface area (Å²) in [5, 5.41) is 2.60. The lowest BCUT2D eigenvalue weighted by molar-refractivity contribution is -0.124. The van der Waals surface area contributed by atoms with Gasteiger partial charge in [0.15, 0.2) is 0 Å². The van der Waals surface area contributed by atoms with E-state index in [9.17, 15) is 13.2 Å². The van der Waals surface area contributed by atoms with Gasteiger partial charge in [-0.3, -0.25) is 4.79 Å². The lowest BCUT2D eigenvalue weighted by Crippen LogP contribution is -2.51. The number of nitrogens with two attached hydrogens (primary N) is 1. The Morgan fingerprint density at radius 3 is 2.12 bits per heavy atom. The highest BCUT2D eigenvalue weighted by atomic mass is 32.2. The summed E-state index contributed by atoms with van der Waals surface area (Å²) >= 11 is 0. The normalized spacial score (nSPS) is 16.6. The first-order chi connectivity index (χ1) is 6.93. The first-order valence-corrected chi connectivity index (χ1v) is 7.23. The van der Waals surface area contributed by atoms with E-state index in [1.54, 1.807) is 6.92 Å². The Bertz CT molecular complexity index is 344. The third-order valence-electron chi connectivity index (χ3n) is 2.16. The monoisotopic (exact) mass is 250 g/mol. The Kier molecular flexibility index (Phi) is 4.94. The molecule has 16 heavy (non-hydrogen) atoms. The van der Waals surface area contributed by atoms with Gasteiger partial charge in [0.05, 0.1) is 11.8 Å². The lowest BCUT2D eigenvalue weighted by atomic mass is 9.87. The third-order valence-corrected chi connectivity index (χ3v) is 3.26. The van der Waals surface area contributed by atoms with E-state index in [-0.39, 0.29) is 17.1 Å². The summed E-state index contributed by atoms with van der Waals surface area (Å²) in [6.45, 7) is 7.23. The fourth-order valence-corrected chi connectivity index (χ4v) is 2.21. The molecule has 1 unspecified atom stereocenters. The van der Waals surface area contributed by atoms with Crippen LogP contribution in [0.1, 0.15) is 27.7 Å². The van der Waals surface area contributed by atoms with Gasteiger partial charge in [-0.15, -0.1) is 0 Å². The zero-order valence-electron chi connectivity index (χ0n) is 10.6. The largest absolute Gasteiger partial charge is 0.351 e. The van der Waals surface area contributed by atoms with Crippen molar-refractivity contribution in [1.82, 2.24) is 5.32 Å². The molecule has 1 amide bonds. The van der Waals surface area contributed by atoms with Crippen LogP contribution in [0.4, 0.5) is 0 Å². The molecule has 0 aliphatic rings. The quantitative estimate of drug-likeness (QED) is 0.729. The van der Waals surface area contributed by atoms with E-state index in [0.717, 1.165) is 6.26 Å². The van der Waals surface area contributed by atoms with Gasteiger partial charge in [0, 0.05) is 12.3 Å². The van der Waals surface area contributed by atoms with Gasteiger partial charge in [0.25, 0.3) is 0 Å². The number of hydrogen-bond donors (Lipinski definition) is 2. The molecule has 0 radical (unpaired) electrons. The van der Waals surface area contributed by atoms with Crippen LogP contribution in [0.25, 0.3) is 0 Å². The maximum atomic E-state index is 11.7. The molecule has 0 aliphatic heterocycles. The Labute approximate surface area is 97.7 Å². The summed E-state index contributed by atoms with van der Waals surface area (Å²) in [5.41, 5.74) is 5.41. The highest BCUT2D eigenvalue weighted by Crippen LogP contribution is 2.17. The molecule has 0 saturated heterocycles. The molecule has 0 heterocycles. The number of amides is 1. The molecule has 0 bridgehead atoms. The third kappa shape index (κ3) is 6.07. The molecule has 6 heteroatoms. The summed E-state index contributed by atoms with van der Waals surface area (Å²) in [6, 6.07) is -1.06. The van der Waals surface area contributed by atoms with Crippen LogP contribution in [-0.2, 0) is 14.6 Å². The van der Waals surface area contributed by atoms with Gasteiger partial charge in [-0.2, -0.15) is 0 Å². The molecular formula is C10H22N2O3S. The summed E-state index contributed by atoms with van der Waals surface area (Å²) in [6.07, 6.45) is 1.14. The second kappa shape index (κ2) is 5.14. The fraction of sp³-hybridized carbons (Fsp3) is 0.900. The van der Waals surface area contributed by atoms with Gasteiger partial charge in [-0.05, 0) is 12.3 Å². The van der Waals surface area contributed by atoms with Crippen molar-refractivity contribution in [2.75, 3.05) is 12.0 Å². The minimum Gasteiger partial charge on any atom is -0.351 e. The smallest absolute Gasteiger partial charge is 0.237 e. The van der Waals surface area contributed by atoms with E-state index in [1.165, 1.54) is 0 Å². The molecule has 0 aromatic rings. The molecule has 2 atom stereocenters. The highest BCUT2D eigenvalue weighted by Gasteiger charge is 2.28. The maximum Gasteiger partial charge on any atom is 0.237 e. The van der Waals surface area contributed by atoms with Crippen molar-refractivity contribution in [3.8, 4) is 0 Å². The van der Waals surface area contributed by atoms with Crippen LogP contribution >= 0.6 is 0 Å². The van der Waals surface area contributed by atoms with Crippen molar-refractivity contribution in [1.29, 1.82) is 0 Å². The van der Waals surface area contributed by atoms with Crippen LogP contribution in [0.5, 0.6) is 0 Å². The van der Waals surface area contributed by atoms with Crippen LogP contribution in [0.2, 0.25) is 0 Å². The van der Waals surface area contributed by atoms with Crippen molar-refractivity contribution >= 4 is 15.7 Å². The zero-order chi connectivity index (χ0) is 13.1. The summed E-state index contributed by atoms with van der Waals surface area (Å²) in [4.78, 5) is 11.7. The van der Waals surface area contributed by atoms with Crippen molar-refractivity contribution < 1.29 is 13.2 Å². The van der Waals surface area contributed by atoms with E-state index in [1.807, 2.05) is 20.8 Å². The van der Waals surface area contributed by atoms with E-state index < -0.39 is 21.9 Å². The summed E-state index contributed by atoms with van der Waals surface area (Å²) < 4.78 is 22.0. The topological polar surface area (TPSA) is 89.3 Å². The van der Waals surface area contributed by atoms with Crippen LogP contribution < -0.4 is 11.1 Å². The molecule has 0 rings (SSSR count). The minimum absolute atomic E-state index is 0.0738. The van der Waals surface area contributed by atoms with Crippen LogP contribution in [0.3, 0.4) is 0 Å². The summed E-state index contributed by atoms with van der Waals surface area (Å²) in [5.74, 6) is -0.390. The highest BCUT2D eigenvalue weighted by molar-refractivity contribution is 7.90. The number of nitrogens with one attached hydrogen (secondary N) is 1. The van der Waals surface area contributed by atoms with E-state index in [4.69, 9.17) is 5.73 Å². The molecule has 5 nitrogen and oxygen atoms in total. The van der Waals surface area contributed by atoms with E-state index >= 15 is 0 Å². The standard InChI is InChI=1S/C10H22N2O3S/c1-7(6-16(5,14)15)12-9(13)8(11)10(2,3)4/h7-8H,6,11H2,1-5H3,(H,12,13)/t7?,8-/m0/s1. The Balaban J connectivity index is 4.37. The number of sulfone groups is 1. The van der Waals surface area contributed by atoms with E-state index in [2.05, 4.69) is 5.32 Å². The maximum absolute atomic E-state index is 11.7. The predicted octanol–water partition coefficient (Wildman–Crippen LogP) is -0.0909. The minimum atomic E-state index is -3.09. The SMILES string of the molecule is CC(CS(C)(=O)=O)NC(=O)[C@H](N)C(C)(C)C. The molecule has 96 valence electrons. The average Bonchev–Trinajstić information content (AvgIpc) is 1.96. The number of hydrogen-bond acceptors (Lipinski definition) is 4. The molecule has 3 N–H and O–H groups in total. The number of carbonyl (C=O) groups excluding carboxylic acids is 1. The van der Waals surface area contributed by atoms with Gasteiger partial charge < -0.3 is 11.1 Å². The van der Waals surface area contributed by atoms with Crippen LogP contribution in [0.15, 0.2) is 0 Å². The lowest BCUT2D eigenvalue weighted by Gasteiger charge is -2.27. The second-order valence-corrected chi connectivity index (χ2v) is 7.53. The average molecular weight is 250 g/mol. The first-order valence-electron chi connectivity index (χ1n) is 5.17. The van der Waals surface area contributed by atoms with E-state index in [0.29, 0.717) is 0 Å². The molecule has 0 saturated carbocycles. The molecule has 0 aromatic carbocycles. The van der Waals surface area contributed by atoms with Gasteiger partial charge in [0.2, 0.25) is 5.91 Å².